The summed E-state index contributed by atoms with van der Waals surface area (Å²) in [5.74, 6) is 0. The molecule has 0 radical (unpaired) electrons. The van der Waals surface area contributed by atoms with Crippen LogP contribution in [0.4, 0.5) is 0 Å². The second kappa shape index (κ2) is 4.69. The highest BCUT2D eigenvalue weighted by atomic mass is 28.3. The van der Waals surface area contributed by atoms with Crippen LogP contribution in [0.1, 0.15) is 0 Å². The zero-order valence-corrected chi connectivity index (χ0v) is 14.4. The van der Waals surface area contributed by atoms with Crippen molar-refractivity contribution in [3.05, 3.63) is 66.7 Å². The van der Waals surface area contributed by atoms with Gasteiger partial charge in [0, 0.05) is 0 Å². The lowest BCUT2D eigenvalue weighted by atomic mass is 10.1. The maximum atomic E-state index is 2.43. The first-order valence-corrected chi connectivity index (χ1v) is 11.4. The van der Waals surface area contributed by atoms with Crippen molar-refractivity contribution in [3.8, 4) is 0 Å². The van der Waals surface area contributed by atoms with Crippen LogP contribution >= 0.6 is 0 Å². The van der Waals surface area contributed by atoms with Gasteiger partial charge in [0.15, 0.2) is 0 Å². The largest absolute Gasteiger partial charge is 0.0776 e. The Morgan fingerprint density at radius 2 is 1.32 bits per heavy atom. The smallest absolute Gasteiger partial charge is 0.0656 e. The summed E-state index contributed by atoms with van der Waals surface area (Å²) in [7, 11) is -1.33. The van der Waals surface area contributed by atoms with Gasteiger partial charge >= 0.3 is 0 Å². The number of fused-ring (bicyclic) bond motifs is 5. The van der Waals surface area contributed by atoms with Crippen LogP contribution in [-0.4, -0.2) is 8.07 Å². The van der Waals surface area contributed by atoms with Crippen LogP contribution in [0.15, 0.2) is 66.7 Å². The molecule has 4 aromatic carbocycles. The van der Waals surface area contributed by atoms with E-state index >= 15 is 0 Å². The Hall–Kier alpha value is -2.12. The lowest BCUT2D eigenvalue weighted by Gasteiger charge is -2.15. The van der Waals surface area contributed by atoms with Crippen molar-refractivity contribution in [2.45, 2.75) is 19.6 Å². The van der Waals surface area contributed by atoms with Crippen LogP contribution in [0.5, 0.6) is 0 Å². The molecule has 0 saturated carbocycles. The fourth-order valence-electron chi connectivity index (χ4n) is 3.30. The molecular weight excluding hydrogens is 280 g/mol. The van der Waals surface area contributed by atoms with E-state index in [2.05, 4.69) is 86.4 Å². The van der Waals surface area contributed by atoms with E-state index in [-0.39, 0.29) is 0 Å². The molecule has 4 aromatic rings. The van der Waals surface area contributed by atoms with E-state index in [9.17, 15) is 0 Å². The van der Waals surface area contributed by atoms with Crippen molar-refractivity contribution in [2.75, 3.05) is 0 Å². The number of benzene rings is 2. The fraction of sp³-hybridized carbons (Fsp3) is 0.143. The molecule has 0 aliphatic carbocycles. The molecule has 4 rings (SSSR count). The molecule has 0 atom stereocenters. The van der Waals surface area contributed by atoms with Crippen molar-refractivity contribution in [3.63, 3.8) is 0 Å². The second-order valence-electron chi connectivity index (χ2n) is 7.14. The van der Waals surface area contributed by atoms with Gasteiger partial charge in [-0.1, -0.05) is 85.5 Å². The lowest BCUT2D eigenvalue weighted by Crippen LogP contribution is -2.36. The molecule has 0 saturated heterocycles. The lowest BCUT2D eigenvalue weighted by molar-refractivity contribution is 1.74. The molecule has 108 valence electrons. The van der Waals surface area contributed by atoms with Gasteiger partial charge in [-0.05, 0) is 38.4 Å². The third-order valence-electron chi connectivity index (χ3n) is 4.59. The number of hydrogen-bond donors (Lipinski definition) is 0. The first kappa shape index (κ1) is 13.5. The molecular formula is C21H20Si. The summed E-state index contributed by atoms with van der Waals surface area (Å²) in [6.07, 6.45) is 0. The Morgan fingerprint density at radius 3 is 2.14 bits per heavy atom. The van der Waals surface area contributed by atoms with Gasteiger partial charge in [0.05, 0.1) is 8.07 Å². The van der Waals surface area contributed by atoms with E-state index < -0.39 is 8.07 Å². The number of rotatable bonds is 1. The van der Waals surface area contributed by atoms with Gasteiger partial charge in [-0.3, -0.25) is 0 Å². The first-order valence-electron chi connectivity index (χ1n) is 7.89. The van der Waals surface area contributed by atoms with Crippen molar-refractivity contribution in [2.24, 2.45) is 0 Å². The molecule has 22 heavy (non-hydrogen) atoms. The first-order chi connectivity index (χ1) is 10.5. The molecule has 0 spiro atoms. The molecule has 0 amide bonds. The van der Waals surface area contributed by atoms with E-state index in [0.29, 0.717) is 0 Å². The fourth-order valence-corrected chi connectivity index (χ4v) is 4.47. The van der Waals surface area contributed by atoms with E-state index in [4.69, 9.17) is 0 Å². The van der Waals surface area contributed by atoms with E-state index in [1.54, 1.807) is 0 Å². The zero-order valence-electron chi connectivity index (χ0n) is 13.4. The molecule has 0 aliphatic rings. The molecule has 0 aromatic heterocycles. The predicted molar refractivity (Wildman–Crippen MR) is 102 cm³/mol. The normalized spacial score (nSPS) is 12.3. The van der Waals surface area contributed by atoms with E-state index in [0.717, 1.165) is 0 Å². The minimum Gasteiger partial charge on any atom is -0.0656 e. The Morgan fingerprint density at radius 1 is 0.545 bits per heavy atom. The number of hydrogen-bond acceptors (Lipinski definition) is 0. The Bertz CT molecular complexity index is 1010. The zero-order chi connectivity index (χ0) is 15.3. The van der Waals surface area contributed by atoms with Crippen LogP contribution in [0, 0.1) is 0 Å². The topological polar surface area (TPSA) is 0 Å². The van der Waals surface area contributed by atoms with Crippen LogP contribution in [0.3, 0.4) is 0 Å². The van der Waals surface area contributed by atoms with Crippen LogP contribution in [0.2, 0.25) is 19.6 Å². The van der Waals surface area contributed by atoms with E-state index in [1.807, 2.05) is 0 Å². The maximum Gasteiger partial charge on any atom is 0.0776 e. The van der Waals surface area contributed by atoms with Crippen LogP contribution in [0.25, 0.3) is 32.3 Å². The third-order valence-corrected chi connectivity index (χ3v) is 6.63. The molecule has 1 heteroatoms. The average molecular weight is 300 g/mol. The highest BCUT2D eigenvalue weighted by Crippen LogP contribution is 2.33. The van der Waals surface area contributed by atoms with Gasteiger partial charge in [0.25, 0.3) is 0 Å². The van der Waals surface area contributed by atoms with Crippen molar-refractivity contribution >= 4 is 45.6 Å². The van der Waals surface area contributed by atoms with Gasteiger partial charge in [-0.25, -0.2) is 0 Å². The average Bonchev–Trinajstić information content (AvgIpc) is 2.70. The highest BCUT2D eigenvalue weighted by molar-refractivity contribution is 6.88. The molecule has 0 heterocycles. The van der Waals surface area contributed by atoms with Gasteiger partial charge in [-0.2, -0.15) is 0 Å². The minimum atomic E-state index is -1.33. The standard InChI is InChI=1S/C21H20Si/c1-22(2,3)17-9-6-8-15-11-12-19-18-10-5-4-7-16(18)13-21(19)20(15)14-17/h4-14H,1-3H3. The summed E-state index contributed by atoms with van der Waals surface area (Å²) in [5.41, 5.74) is 0. The van der Waals surface area contributed by atoms with Gasteiger partial charge in [0.2, 0.25) is 0 Å². The summed E-state index contributed by atoms with van der Waals surface area (Å²) in [6, 6.07) is 24.8. The summed E-state index contributed by atoms with van der Waals surface area (Å²) >= 11 is 0. The predicted octanol–water partition coefficient (Wildman–Crippen LogP) is 5.69. The van der Waals surface area contributed by atoms with Crippen LogP contribution < -0.4 is 5.19 Å². The van der Waals surface area contributed by atoms with Crippen molar-refractivity contribution in [1.29, 1.82) is 0 Å². The SMILES string of the molecule is C[Si](C)(C)c1cccc2ccc3c4ccccc4cc3c2c1. The van der Waals surface area contributed by atoms with Gasteiger partial charge in [-0.15, -0.1) is 0 Å². The quantitative estimate of drug-likeness (QED) is 0.396. The monoisotopic (exact) mass is 300 g/mol. The Kier molecular flexibility index (Phi) is 2.88. The van der Waals surface area contributed by atoms with E-state index in [1.165, 1.54) is 37.5 Å². The highest BCUT2D eigenvalue weighted by Gasteiger charge is 2.16. The van der Waals surface area contributed by atoms with Crippen molar-refractivity contribution in [1.82, 2.24) is 0 Å². The summed E-state index contributed by atoms with van der Waals surface area (Å²) in [4.78, 5) is 0. The van der Waals surface area contributed by atoms with Crippen molar-refractivity contribution < 1.29 is 0 Å². The second-order valence-corrected chi connectivity index (χ2v) is 12.2. The summed E-state index contributed by atoms with van der Waals surface area (Å²) in [6.45, 7) is 7.24. The van der Waals surface area contributed by atoms with Gasteiger partial charge in [0.1, 0.15) is 0 Å². The van der Waals surface area contributed by atoms with Crippen LogP contribution in [-0.2, 0) is 0 Å². The molecule has 0 nitrogen and oxygen atoms in total. The third kappa shape index (κ3) is 2.05. The molecule has 0 aliphatic heterocycles. The summed E-state index contributed by atoms with van der Waals surface area (Å²) < 4.78 is 0. The summed E-state index contributed by atoms with van der Waals surface area (Å²) in [5, 5.41) is 9.68. The molecule has 0 N–H and O–H groups in total. The Balaban J connectivity index is 2.20. The van der Waals surface area contributed by atoms with Gasteiger partial charge < -0.3 is 0 Å². The molecule has 0 unspecified atom stereocenters. The minimum absolute atomic E-state index is 1.33. The molecule has 0 bridgehead atoms. The Labute approximate surface area is 132 Å². The maximum absolute atomic E-state index is 2.43. The molecule has 0 fully saturated rings.